The molecule has 2 fully saturated rings. The molecule has 0 saturated carbocycles. The number of aliphatic hydroxyl groups excluding tert-OH is 1. The third kappa shape index (κ3) is 3.94. The van der Waals surface area contributed by atoms with Crippen LogP contribution in [0.5, 0.6) is 0 Å². The van der Waals surface area contributed by atoms with E-state index in [4.69, 9.17) is 0 Å². The van der Waals surface area contributed by atoms with E-state index >= 15 is 0 Å². The van der Waals surface area contributed by atoms with Crippen molar-refractivity contribution in [2.24, 2.45) is 0 Å². The number of aliphatic hydroxyl groups is 1. The summed E-state index contributed by atoms with van der Waals surface area (Å²) in [5, 5.41) is 10.2. The molecular formula is C27H29N3O2. The van der Waals surface area contributed by atoms with Gasteiger partial charge in [0, 0.05) is 49.0 Å². The molecule has 0 radical (unpaired) electrons. The number of amides is 1. The summed E-state index contributed by atoms with van der Waals surface area (Å²) >= 11 is 0. The highest BCUT2D eigenvalue weighted by atomic mass is 16.3. The van der Waals surface area contributed by atoms with E-state index in [9.17, 15) is 9.90 Å². The van der Waals surface area contributed by atoms with Crippen molar-refractivity contribution in [3.63, 3.8) is 0 Å². The Morgan fingerprint density at radius 2 is 1.59 bits per heavy atom. The molecule has 3 atom stereocenters. The molecule has 5 heteroatoms. The molecule has 5 rings (SSSR count). The highest BCUT2D eigenvalue weighted by molar-refractivity contribution is 5.94. The van der Waals surface area contributed by atoms with Crippen molar-refractivity contribution < 1.29 is 9.90 Å². The van der Waals surface area contributed by atoms with Gasteiger partial charge in [-0.3, -0.25) is 14.7 Å². The topological polar surface area (TPSA) is 56.7 Å². The number of hydrogen-bond donors (Lipinski definition) is 1. The third-order valence-corrected chi connectivity index (χ3v) is 6.99. The molecule has 0 bridgehead atoms. The smallest absolute Gasteiger partial charge is 0.254 e. The first-order valence-electron chi connectivity index (χ1n) is 11.5. The molecule has 2 saturated heterocycles. The number of rotatable bonds is 4. The Bertz CT molecular complexity index is 1040. The number of pyridine rings is 1. The molecule has 0 unspecified atom stereocenters. The van der Waals surface area contributed by atoms with Crippen LogP contribution in [0.4, 0.5) is 0 Å². The lowest BCUT2D eigenvalue weighted by atomic mass is 9.74. The van der Waals surface area contributed by atoms with Crippen LogP contribution in [0.2, 0.25) is 0 Å². The molecule has 164 valence electrons. The van der Waals surface area contributed by atoms with Crippen LogP contribution in [0, 0.1) is 0 Å². The Hall–Kier alpha value is -3.02. The Morgan fingerprint density at radius 3 is 2.31 bits per heavy atom. The zero-order valence-corrected chi connectivity index (χ0v) is 18.2. The maximum atomic E-state index is 13.2. The standard InChI is InChI=1S/C27H29N3O2/c31-19-25-26(22-10-8-21(9-11-22)20-6-2-1-3-7-20)24-18-29(16-4-5-17-30(24)25)27(32)23-12-14-28-15-13-23/h1-3,6-15,24-26,31H,4-5,16-19H2/t24-,25+,26-/m1/s1. The summed E-state index contributed by atoms with van der Waals surface area (Å²) in [6.07, 6.45) is 5.36. The minimum absolute atomic E-state index is 0.0693. The highest BCUT2D eigenvalue weighted by Crippen LogP contribution is 2.42. The van der Waals surface area contributed by atoms with Crippen molar-refractivity contribution in [1.82, 2.24) is 14.8 Å². The van der Waals surface area contributed by atoms with Crippen molar-refractivity contribution >= 4 is 5.91 Å². The number of carbonyl (C=O) groups excluding carboxylic acids is 1. The average molecular weight is 428 g/mol. The Kier molecular flexibility index (Phi) is 6.02. The van der Waals surface area contributed by atoms with Gasteiger partial charge in [0.1, 0.15) is 0 Å². The summed E-state index contributed by atoms with van der Waals surface area (Å²) in [7, 11) is 0. The number of nitrogens with zero attached hydrogens (tertiary/aromatic N) is 3. The van der Waals surface area contributed by atoms with E-state index in [1.54, 1.807) is 24.5 Å². The molecule has 3 heterocycles. The molecule has 5 nitrogen and oxygen atoms in total. The van der Waals surface area contributed by atoms with E-state index in [-0.39, 0.29) is 30.5 Å². The van der Waals surface area contributed by atoms with Crippen molar-refractivity contribution in [3.05, 3.63) is 90.3 Å². The van der Waals surface area contributed by atoms with Gasteiger partial charge >= 0.3 is 0 Å². The molecule has 1 amide bonds. The molecule has 2 aliphatic rings. The van der Waals surface area contributed by atoms with Crippen LogP contribution < -0.4 is 0 Å². The number of hydrogen-bond acceptors (Lipinski definition) is 4. The third-order valence-electron chi connectivity index (χ3n) is 6.99. The molecule has 1 N–H and O–H groups in total. The zero-order valence-electron chi connectivity index (χ0n) is 18.2. The summed E-state index contributed by atoms with van der Waals surface area (Å²) in [5.74, 6) is 0.288. The maximum Gasteiger partial charge on any atom is 0.254 e. The fourth-order valence-corrected chi connectivity index (χ4v) is 5.33. The van der Waals surface area contributed by atoms with E-state index in [0.717, 1.165) is 25.9 Å². The van der Waals surface area contributed by atoms with Crippen LogP contribution in [0.15, 0.2) is 79.1 Å². The zero-order chi connectivity index (χ0) is 21.9. The summed E-state index contributed by atoms with van der Waals surface area (Å²) in [5.41, 5.74) is 4.32. The van der Waals surface area contributed by atoms with E-state index in [1.807, 2.05) is 11.0 Å². The van der Waals surface area contributed by atoms with Crippen LogP contribution in [0.1, 0.15) is 34.7 Å². The van der Waals surface area contributed by atoms with Gasteiger partial charge < -0.3 is 10.0 Å². The van der Waals surface area contributed by atoms with Crippen molar-refractivity contribution in [1.29, 1.82) is 0 Å². The fourth-order valence-electron chi connectivity index (χ4n) is 5.33. The number of benzene rings is 2. The van der Waals surface area contributed by atoms with Gasteiger partial charge in [0.15, 0.2) is 0 Å². The second kappa shape index (κ2) is 9.23. The van der Waals surface area contributed by atoms with Gasteiger partial charge in [-0.05, 0) is 48.2 Å². The lowest BCUT2D eigenvalue weighted by Gasteiger charge is -2.57. The Balaban J connectivity index is 1.39. The highest BCUT2D eigenvalue weighted by Gasteiger charge is 2.49. The molecule has 0 spiro atoms. The second-order valence-electron chi connectivity index (χ2n) is 8.76. The summed E-state index contributed by atoms with van der Waals surface area (Å²) in [6.45, 7) is 2.57. The monoisotopic (exact) mass is 427 g/mol. The molecule has 32 heavy (non-hydrogen) atoms. The van der Waals surface area contributed by atoms with Gasteiger partial charge in [0.25, 0.3) is 5.91 Å². The van der Waals surface area contributed by atoms with E-state index in [0.29, 0.717) is 12.1 Å². The normalized spacial score (nSPS) is 23.5. The molecule has 2 aromatic carbocycles. The first kappa shape index (κ1) is 20.9. The van der Waals surface area contributed by atoms with Crippen LogP contribution in [-0.4, -0.2) is 64.1 Å². The fraction of sp³-hybridized carbons (Fsp3) is 0.333. The van der Waals surface area contributed by atoms with Crippen LogP contribution in [0.25, 0.3) is 11.1 Å². The van der Waals surface area contributed by atoms with E-state index in [2.05, 4.69) is 58.4 Å². The van der Waals surface area contributed by atoms with Crippen LogP contribution in [0.3, 0.4) is 0 Å². The average Bonchev–Trinajstić information content (AvgIpc) is 2.84. The maximum absolute atomic E-state index is 13.2. The van der Waals surface area contributed by atoms with E-state index < -0.39 is 0 Å². The molecule has 3 aromatic rings. The van der Waals surface area contributed by atoms with E-state index in [1.165, 1.54) is 16.7 Å². The minimum Gasteiger partial charge on any atom is -0.395 e. The minimum atomic E-state index is 0.0693. The predicted octanol–water partition coefficient (Wildman–Crippen LogP) is 3.81. The first-order valence-corrected chi connectivity index (χ1v) is 11.5. The molecule has 0 aliphatic carbocycles. The largest absolute Gasteiger partial charge is 0.395 e. The van der Waals surface area contributed by atoms with Gasteiger partial charge in [-0.2, -0.15) is 0 Å². The quantitative estimate of drug-likeness (QED) is 0.688. The lowest BCUT2D eigenvalue weighted by Crippen LogP contribution is -2.67. The molecular weight excluding hydrogens is 398 g/mol. The summed E-state index contributed by atoms with van der Waals surface area (Å²) in [6, 6.07) is 23.0. The van der Waals surface area contributed by atoms with Gasteiger partial charge in [0.05, 0.1) is 6.61 Å². The Morgan fingerprint density at radius 1 is 0.906 bits per heavy atom. The molecule has 2 aliphatic heterocycles. The van der Waals surface area contributed by atoms with Crippen molar-refractivity contribution in [3.8, 4) is 11.1 Å². The van der Waals surface area contributed by atoms with Gasteiger partial charge in [-0.25, -0.2) is 0 Å². The predicted molar refractivity (Wildman–Crippen MR) is 125 cm³/mol. The number of aromatic nitrogens is 1. The Labute approximate surface area is 189 Å². The van der Waals surface area contributed by atoms with Crippen LogP contribution in [-0.2, 0) is 0 Å². The SMILES string of the molecule is O=C(c1ccncc1)N1CCCCN2[C@H](C1)[C@@H](c1ccc(-c3ccccc3)cc1)[C@@H]2CO. The summed E-state index contributed by atoms with van der Waals surface area (Å²) in [4.78, 5) is 21.6. The number of fused-ring (bicyclic) bond motifs is 1. The number of carbonyl (C=O) groups is 1. The first-order chi connectivity index (χ1) is 15.8. The van der Waals surface area contributed by atoms with Gasteiger partial charge in [-0.15, -0.1) is 0 Å². The van der Waals surface area contributed by atoms with Gasteiger partial charge in [-0.1, -0.05) is 54.6 Å². The van der Waals surface area contributed by atoms with Gasteiger partial charge in [0.2, 0.25) is 0 Å². The van der Waals surface area contributed by atoms with Crippen molar-refractivity contribution in [2.45, 2.75) is 30.8 Å². The lowest BCUT2D eigenvalue weighted by molar-refractivity contribution is -0.0606. The van der Waals surface area contributed by atoms with Crippen molar-refractivity contribution in [2.75, 3.05) is 26.2 Å². The summed E-state index contributed by atoms with van der Waals surface area (Å²) < 4.78 is 0. The van der Waals surface area contributed by atoms with Crippen LogP contribution >= 0.6 is 0 Å². The second-order valence-corrected chi connectivity index (χ2v) is 8.76. The molecule has 1 aromatic heterocycles.